The molecule has 1 rings (SSSR count). The maximum atomic E-state index is 12.0. The molecule has 0 saturated carbocycles. The first-order valence-corrected chi connectivity index (χ1v) is 8.06. The fourth-order valence-corrected chi connectivity index (χ4v) is 2.75. The summed E-state index contributed by atoms with van der Waals surface area (Å²) in [7, 11) is -0.423. The van der Waals surface area contributed by atoms with E-state index in [9.17, 15) is 13.2 Å². The van der Waals surface area contributed by atoms with Gasteiger partial charge >= 0.3 is 0 Å². The molecule has 0 saturated heterocycles. The van der Waals surface area contributed by atoms with Gasteiger partial charge in [0.1, 0.15) is 0 Å². The molecule has 5 nitrogen and oxygen atoms in total. The predicted molar refractivity (Wildman–Crippen MR) is 78.9 cm³/mol. The quantitative estimate of drug-likeness (QED) is 0.796. The summed E-state index contributed by atoms with van der Waals surface area (Å²) in [6, 6.07) is 6.47. The number of sulfonamides is 1. The molecule has 0 radical (unpaired) electrons. The molecule has 0 atom stereocenters. The zero-order chi connectivity index (χ0) is 15.3. The van der Waals surface area contributed by atoms with Crippen molar-refractivity contribution in [3.63, 3.8) is 0 Å². The Balaban J connectivity index is 2.85. The average molecular weight is 298 g/mol. The zero-order valence-electron chi connectivity index (χ0n) is 12.5. The van der Waals surface area contributed by atoms with E-state index < -0.39 is 10.0 Å². The summed E-state index contributed by atoms with van der Waals surface area (Å²) in [6.07, 6.45) is 0.296. The first kappa shape index (κ1) is 16.7. The van der Waals surface area contributed by atoms with Crippen molar-refractivity contribution in [3.05, 3.63) is 29.8 Å². The van der Waals surface area contributed by atoms with Crippen LogP contribution in [0.25, 0.3) is 0 Å². The van der Waals surface area contributed by atoms with Crippen LogP contribution in [-0.2, 0) is 21.2 Å². The zero-order valence-corrected chi connectivity index (χ0v) is 13.3. The molecule has 0 heterocycles. The summed E-state index contributed by atoms with van der Waals surface area (Å²) in [5, 5.41) is 0. The highest BCUT2D eigenvalue weighted by molar-refractivity contribution is 7.89. The van der Waals surface area contributed by atoms with Gasteiger partial charge < -0.3 is 4.90 Å². The lowest BCUT2D eigenvalue weighted by molar-refractivity contribution is -0.130. The number of amides is 1. The van der Waals surface area contributed by atoms with Gasteiger partial charge in [0, 0.05) is 27.2 Å². The molecule has 0 N–H and O–H groups in total. The minimum atomic E-state index is -3.41. The monoisotopic (exact) mass is 298 g/mol. The van der Waals surface area contributed by atoms with Crippen molar-refractivity contribution in [3.8, 4) is 0 Å². The van der Waals surface area contributed by atoms with Gasteiger partial charge in [-0.25, -0.2) is 12.7 Å². The Morgan fingerprint density at radius 1 is 1.05 bits per heavy atom. The minimum Gasteiger partial charge on any atom is -0.343 e. The van der Waals surface area contributed by atoms with E-state index in [1.807, 2.05) is 13.8 Å². The number of benzene rings is 1. The standard InChI is InChI=1S/C14H22N2O3S/c1-5-16(6-2)14(17)11-12-7-9-13(10-8-12)20(18,19)15(3)4/h7-10H,5-6,11H2,1-4H3. The van der Waals surface area contributed by atoms with Gasteiger partial charge in [-0.2, -0.15) is 0 Å². The van der Waals surface area contributed by atoms with E-state index >= 15 is 0 Å². The molecule has 1 aromatic carbocycles. The van der Waals surface area contributed by atoms with Crippen LogP contribution in [0.1, 0.15) is 19.4 Å². The normalized spacial score (nSPS) is 11.7. The number of carbonyl (C=O) groups excluding carboxylic acids is 1. The van der Waals surface area contributed by atoms with Gasteiger partial charge in [0.25, 0.3) is 0 Å². The third kappa shape index (κ3) is 3.80. The van der Waals surface area contributed by atoms with Gasteiger partial charge in [-0.3, -0.25) is 4.79 Å². The van der Waals surface area contributed by atoms with Crippen molar-refractivity contribution in [1.29, 1.82) is 0 Å². The Kier molecular flexibility index (Phi) is 5.71. The van der Waals surface area contributed by atoms with E-state index in [4.69, 9.17) is 0 Å². The molecule has 0 bridgehead atoms. The smallest absolute Gasteiger partial charge is 0.242 e. The molecule has 6 heteroatoms. The third-order valence-electron chi connectivity index (χ3n) is 3.17. The molecule has 0 aromatic heterocycles. The van der Waals surface area contributed by atoms with E-state index in [0.717, 1.165) is 5.56 Å². The Morgan fingerprint density at radius 3 is 1.95 bits per heavy atom. The number of hydrogen-bond acceptors (Lipinski definition) is 3. The maximum Gasteiger partial charge on any atom is 0.242 e. The molecule has 0 spiro atoms. The summed E-state index contributed by atoms with van der Waals surface area (Å²) < 4.78 is 25.0. The van der Waals surface area contributed by atoms with Crippen LogP contribution in [0.3, 0.4) is 0 Å². The van der Waals surface area contributed by atoms with Crippen LogP contribution in [0.4, 0.5) is 0 Å². The maximum absolute atomic E-state index is 12.0. The van der Waals surface area contributed by atoms with Crippen molar-refractivity contribution < 1.29 is 13.2 Å². The Labute approximate surface area is 121 Å². The average Bonchev–Trinajstić information content (AvgIpc) is 2.40. The lowest BCUT2D eigenvalue weighted by atomic mass is 10.1. The summed E-state index contributed by atoms with van der Waals surface area (Å²) in [5.41, 5.74) is 0.819. The lowest BCUT2D eigenvalue weighted by Gasteiger charge is -2.18. The summed E-state index contributed by atoms with van der Waals surface area (Å²) in [4.78, 5) is 14.0. The minimum absolute atomic E-state index is 0.0539. The van der Waals surface area contributed by atoms with Gasteiger partial charge in [-0.1, -0.05) is 12.1 Å². The van der Waals surface area contributed by atoms with E-state index in [1.165, 1.54) is 18.4 Å². The summed E-state index contributed by atoms with van der Waals surface area (Å²) in [5.74, 6) is 0.0539. The molecule has 1 aromatic rings. The Hall–Kier alpha value is -1.40. The number of hydrogen-bond donors (Lipinski definition) is 0. The highest BCUT2D eigenvalue weighted by atomic mass is 32.2. The highest BCUT2D eigenvalue weighted by Crippen LogP contribution is 2.14. The number of likely N-dealkylation sites (N-methyl/N-ethyl adjacent to an activating group) is 1. The number of carbonyl (C=O) groups is 1. The number of rotatable bonds is 6. The topological polar surface area (TPSA) is 57.7 Å². The first-order valence-electron chi connectivity index (χ1n) is 6.62. The lowest BCUT2D eigenvalue weighted by Crippen LogP contribution is -2.31. The third-order valence-corrected chi connectivity index (χ3v) is 5.00. The Morgan fingerprint density at radius 2 is 1.55 bits per heavy atom. The highest BCUT2D eigenvalue weighted by Gasteiger charge is 2.17. The second kappa shape index (κ2) is 6.85. The fourth-order valence-electron chi connectivity index (χ4n) is 1.85. The van der Waals surface area contributed by atoms with E-state index in [2.05, 4.69) is 0 Å². The van der Waals surface area contributed by atoms with Crippen molar-refractivity contribution in [2.45, 2.75) is 25.2 Å². The van der Waals surface area contributed by atoms with Crippen LogP contribution in [0, 0.1) is 0 Å². The van der Waals surface area contributed by atoms with E-state index in [1.54, 1.807) is 29.2 Å². The first-order chi connectivity index (χ1) is 9.32. The van der Waals surface area contributed by atoms with E-state index in [-0.39, 0.29) is 10.8 Å². The number of nitrogens with zero attached hydrogens (tertiary/aromatic N) is 2. The molecule has 0 aliphatic rings. The largest absolute Gasteiger partial charge is 0.343 e. The summed E-state index contributed by atoms with van der Waals surface area (Å²) >= 11 is 0. The molecule has 0 aliphatic carbocycles. The molecule has 0 unspecified atom stereocenters. The van der Waals surface area contributed by atoms with Crippen molar-refractivity contribution >= 4 is 15.9 Å². The van der Waals surface area contributed by atoms with E-state index in [0.29, 0.717) is 19.5 Å². The molecule has 0 fully saturated rings. The summed E-state index contributed by atoms with van der Waals surface area (Å²) in [6.45, 7) is 5.24. The van der Waals surface area contributed by atoms with Crippen molar-refractivity contribution in [2.75, 3.05) is 27.2 Å². The Bertz CT molecular complexity index is 546. The van der Waals surface area contributed by atoms with Crippen LogP contribution in [0.5, 0.6) is 0 Å². The van der Waals surface area contributed by atoms with Gasteiger partial charge in [0.05, 0.1) is 11.3 Å². The second-order valence-corrected chi connectivity index (χ2v) is 6.83. The molecule has 1 amide bonds. The van der Waals surface area contributed by atoms with Crippen LogP contribution in [-0.4, -0.2) is 50.7 Å². The molecule has 20 heavy (non-hydrogen) atoms. The predicted octanol–water partition coefficient (Wildman–Crippen LogP) is 1.35. The van der Waals surface area contributed by atoms with Gasteiger partial charge in [-0.05, 0) is 31.5 Å². The van der Waals surface area contributed by atoms with Crippen LogP contribution < -0.4 is 0 Å². The molecule has 0 aliphatic heterocycles. The molecule has 112 valence electrons. The van der Waals surface area contributed by atoms with Gasteiger partial charge in [-0.15, -0.1) is 0 Å². The van der Waals surface area contributed by atoms with Crippen molar-refractivity contribution in [1.82, 2.24) is 9.21 Å². The molecular weight excluding hydrogens is 276 g/mol. The van der Waals surface area contributed by atoms with Gasteiger partial charge in [0.15, 0.2) is 0 Å². The fraction of sp³-hybridized carbons (Fsp3) is 0.500. The van der Waals surface area contributed by atoms with Crippen LogP contribution >= 0.6 is 0 Å². The van der Waals surface area contributed by atoms with Gasteiger partial charge in [0.2, 0.25) is 15.9 Å². The van der Waals surface area contributed by atoms with Crippen LogP contribution in [0.15, 0.2) is 29.2 Å². The van der Waals surface area contributed by atoms with Crippen molar-refractivity contribution in [2.24, 2.45) is 0 Å². The SMILES string of the molecule is CCN(CC)C(=O)Cc1ccc(S(=O)(=O)N(C)C)cc1. The van der Waals surface area contributed by atoms with Crippen LogP contribution in [0.2, 0.25) is 0 Å². The second-order valence-electron chi connectivity index (χ2n) is 4.67. The molecular formula is C14H22N2O3S.